The van der Waals surface area contributed by atoms with Crippen LogP contribution >= 0.6 is 0 Å². The lowest BCUT2D eigenvalue weighted by Crippen LogP contribution is -2.10. The van der Waals surface area contributed by atoms with E-state index < -0.39 is 18.7 Å². The molecule has 1 aromatic rings. The molecule has 1 rings (SSSR count). The minimum Gasteiger partial charge on any atom is -0.388 e. The maximum Gasteiger partial charge on any atom is 0.389 e. The smallest absolute Gasteiger partial charge is 0.388 e. The van der Waals surface area contributed by atoms with Crippen molar-refractivity contribution in [1.29, 1.82) is 0 Å². The van der Waals surface area contributed by atoms with Gasteiger partial charge in [0.25, 0.3) is 0 Å². The van der Waals surface area contributed by atoms with Crippen LogP contribution in [-0.4, -0.2) is 16.3 Å². The Labute approximate surface area is 85.8 Å². The van der Waals surface area contributed by atoms with Crippen molar-refractivity contribution < 1.29 is 18.3 Å². The van der Waals surface area contributed by atoms with Crippen molar-refractivity contribution in [1.82, 2.24) is 4.98 Å². The fraction of sp³-hybridized carbons (Fsp3) is 0.500. The number of aliphatic hydroxyl groups excluding tert-OH is 1. The second kappa shape index (κ2) is 4.61. The molecule has 84 valence electrons. The van der Waals surface area contributed by atoms with E-state index in [9.17, 15) is 18.3 Å². The summed E-state index contributed by atoms with van der Waals surface area (Å²) in [4.78, 5) is 3.80. The molecule has 15 heavy (non-hydrogen) atoms. The first-order chi connectivity index (χ1) is 6.90. The fourth-order valence-corrected chi connectivity index (χ4v) is 1.31. The van der Waals surface area contributed by atoms with Crippen LogP contribution < -0.4 is 0 Å². The molecule has 0 fully saturated rings. The van der Waals surface area contributed by atoms with Crippen molar-refractivity contribution >= 4 is 0 Å². The molecule has 5 heteroatoms. The van der Waals surface area contributed by atoms with Gasteiger partial charge in [0.05, 0.1) is 6.10 Å². The lowest BCUT2D eigenvalue weighted by molar-refractivity contribution is -0.140. The molecular weight excluding hydrogens is 207 g/mol. The Morgan fingerprint density at radius 1 is 1.47 bits per heavy atom. The quantitative estimate of drug-likeness (QED) is 0.847. The van der Waals surface area contributed by atoms with Gasteiger partial charge >= 0.3 is 6.18 Å². The number of aromatic nitrogens is 1. The molecule has 1 unspecified atom stereocenters. The van der Waals surface area contributed by atoms with Crippen LogP contribution in [0.4, 0.5) is 13.2 Å². The number of aryl methyl sites for hydroxylation is 1. The Morgan fingerprint density at radius 3 is 2.67 bits per heavy atom. The highest BCUT2D eigenvalue weighted by atomic mass is 19.4. The van der Waals surface area contributed by atoms with E-state index in [1.807, 2.05) is 0 Å². The highest BCUT2D eigenvalue weighted by Crippen LogP contribution is 2.28. The van der Waals surface area contributed by atoms with Crippen molar-refractivity contribution in [2.75, 3.05) is 0 Å². The lowest BCUT2D eigenvalue weighted by Gasteiger charge is -2.14. The van der Waals surface area contributed by atoms with Crippen LogP contribution in [0.3, 0.4) is 0 Å². The van der Waals surface area contributed by atoms with Gasteiger partial charge in [-0.2, -0.15) is 13.2 Å². The van der Waals surface area contributed by atoms with E-state index in [0.29, 0.717) is 11.1 Å². The Hall–Kier alpha value is -1.10. The summed E-state index contributed by atoms with van der Waals surface area (Å²) in [6.07, 6.45) is -3.60. The van der Waals surface area contributed by atoms with Gasteiger partial charge < -0.3 is 5.11 Å². The molecule has 0 aromatic carbocycles. The van der Waals surface area contributed by atoms with Crippen LogP contribution in [-0.2, 0) is 0 Å². The number of nitrogens with zero attached hydrogens (tertiary/aromatic N) is 1. The molecule has 0 spiro atoms. The largest absolute Gasteiger partial charge is 0.389 e. The van der Waals surface area contributed by atoms with Crippen LogP contribution in [0.1, 0.15) is 30.1 Å². The topological polar surface area (TPSA) is 33.1 Å². The molecule has 0 saturated heterocycles. The zero-order chi connectivity index (χ0) is 11.5. The summed E-state index contributed by atoms with van der Waals surface area (Å²) in [7, 11) is 0. The first-order valence-electron chi connectivity index (χ1n) is 4.55. The summed E-state index contributed by atoms with van der Waals surface area (Å²) < 4.78 is 35.7. The van der Waals surface area contributed by atoms with Gasteiger partial charge in [0, 0.05) is 18.8 Å². The molecule has 0 bridgehead atoms. The number of rotatable bonds is 3. The maximum absolute atomic E-state index is 11.9. The summed E-state index contributed by atoms with van der Waals surface area (Å²) >= 11 is 0. The predicted octanol–water partition coefficient (Wildman–Crippen LogP) is 2.77. The number of halogens is 3. The van der Waals surface area contributed by atoms with E-state index >= 15 is 0 Å². The second-order valence-corrected chi connectivity index (χ2v) is 3.40. The Kier molecular flexibility index (Phi) is 3.68. The molecule has 1 heterocycles. The van der Waals surface area contributed by atoms with E-state index in [1.54, 1.807) is 6.92 Å². The van der Waals surface area contributed by atoms with E-state index in [2.05, 4.69) is 4.98 Å². The van der Waals surface area contributed by atoms with E-state index in [1.165, 1.54) is 18.5 Å². The van der Waals surface area contributed by atoms with Gasteiger partial charge in [-0.05, 0) is 30.5 Å². The van der Waals surface area contributed by atoms with Crippen LogP contribution in [0.25, 0.3) is 0 Å². The van der Waals surface area contributed by atoms with Gasteiger partial charge in [-0.3, -0.25) is 4.98 Å². The zero-order valence-electron chi connectivity index (χ0n) is 8.25. The average molecular weight is 219 g/mol. The van der Waals surface area contributed by atoms with E-state index in [0.717, 1.165) is 0 Å². The summed E-state index contributed by atoms with van der Waals surface area (Å²) in [6, 6.07) is 1.54. The van der Waals surface area contributed by atoms with Gasteiger partial charge in [0.2, 0.25) is 0 Å². The summed E-state index contributed by atoms with van der Waals surface area (Å²) in [5.74, 6) is 0. The fourth-order valence-electron chi connectivity index (χ4n) is 1.31. The molecule has 0 radical (unpaired) electrons. The summed E-state index contributed by atoms with van der Waals surface area (Å²) in [5, 5.41) is 9.54. The van der Waals surface area contributed by atoms with Crippen molar-refractivity contribution in [2.45, 2.75) is 32.0 Å². The van der Waals surface area contributed by atoms with Crippen LogP contribution in [0.15, 0.2) is 18.5 Å². The summed E-state index contributed by atoms with van der Waals surface area (Å²) in [6.45, 7) is 1.71. The van der Waals surface area contributed by atoms with Crippen molar-refractivity contribution in [3.8, 4) is 0 Å². The number of hydrogen-bond donors (Lipinski definition) is 1. The predicted molar refractivity (Wildman–Crippen MR) is 49.2 cm³/mol. The minimum atomic E-state index is -4.22. The van der Waals surface area contributed by atoms with Gasteiger partial charge in [0.1, 0.15) is 0 Å². The van der Waals surface area contributed by atoms with E-state index in [4.69, 9.17) is 0 Å². The minimum absolute atomic E-state index is 0.311. The molecule has 1 atom stereocenters. The maximum atomic E-state index is 11.9. The first kappa shape index (κ1) is 12.0. The lowest BCUT2D eigenvalue weighted by atomic mass is 10.0. The Bertz CT molecular complexity index is 325. The van der Waals surface area contributed by atoms with E-state index in [-0.39, 0.29) is 6.42 Å². The number of alkyl halides is 3. The van der Waals surface area contributed by atoms with Gasteiger partial charge in [-0.25, -0.2) is 0 Å². The van der Waals surface area contributed by atoms with Crippen LogP contribution in [0.5, 0.6) is 0 Å². The van der Waals surface area contributed by atoms with Crippen molar-refractivity contribution in [3.05, 3.63) is 29.6 Å². The molecule has 0 aliphatic rings. The zero-order valence-corrected chi connectivity index (χ0v) is 8.25. The molecule has 0 aliphatic carbocycles. The highest BCUT2D eigenvalue weighted by molar-refractivity contribution is 5.23. The molecule has 1 aromatic heterocycles. The molecule has 0 amide bonds. The Morgan fingerprint density at radius 2 is 2.13 bits per heavy atom. The monoisotopic (exact) mass is 219 g/mol. The van der Waals surface area contributed by atoms with Gasteiger partial charge in [-0.1, -0.05) is 0 Å². The normalized spacial score (nSPS) is 13.9. The number of aliphatic hydroxyl groups is 1. The van der Waals surface area contributed by atoms with Crippen molar-refractivity contribution in [3.63, 3.8) is 0 Å². The first-order valence-corrected chi connectivity index (χ1v) is 4.55. The van der Waals surface area contributed by atoms with Crippen LogP contribution in [0, 0.1) is 6.92 Å². The van der Waals surface area contributed by atoms with Crippen molar-refractivity contribution in [2.24, 2.45) is 0 Å². The third kappa shape index (κ3) is 3.87. The third-order valence-corrected chi connectivity index (χ3v) is 2.12. The Balaban J connectivity index is 2.62. The molecule has 0 saturated carbocycles. The highest BCUT2D eigenvalue weighted by Gasteiger charge is 2.28. The molecular formula is C10H12F3NO. The molecule has 2 nitrogen and oxygen atoms in total. The van der Waals surface area contributed by atoms with Gasteiger partial charge in [0.15, 0.2) is 0 Å². The second-order valence-electron chi connectivity index (χ2n) is 3.40. The van der Waals surface area contributed by atoms with Gasteiger partial charge in [-0.15, -0.1) is 0 Å². The van der Waals surface area contributed by atoms with Crippen LogP contribution in [0.2, 0.25) is 0 Å². The standard InChI is InChI=1S/C10H12F3NO/c1-7-6-14-5-3-8(7)9(15)2-4-10(11,12)13/h3,5-6,9,15H,2,4H2,1H3. The third-order valence-electron chi connectivity index (χ3n) is 2.12. The summed E-state index contributed by atoms with van der Waals surface area (Å²) in [5.41, 5.74) is 1.21. The average Bonchev–Trinajstić information content (AvgIpc) is 2.14. The number of pyridine rings is 1. The molecule has 1 N–H and O–H groups in total. The SMILES string of the molecule is Cc1cnccc1C(O)CCC(F)(F)F. The number of hydrogen-bond acceptors (Lipinski definition) is 2. The molecule has 0 aliphatic heterocycles.